The van der Waals surface area contributed by atoms with E-state index in [0.717, 1.165) is 36.9 Å². The summed E-state index contributed by atoms with van der Waals surface area (Å²) in [4.78, 5) is 30.7. The largest absolute Gasteiger partial charge is 0.481 e. The van der Waals surface area contributed by atoms with E-state index < -0.39 is 16.0 Å². The van der Waals surface area contributed by atoms with E-state index in [1.165, 1.54) is 22.5 Å². The van der Waals surface area contributed by atoms with Crippen LogP contribution in [0.2, 0.25) is 0 Å². The molecule has 11 nitrogen and oxygen atoms in total. The number of rotatable bonds is 7. The molecule has 2 fully saturated rings. The van der Waals surface area contributed by atoms with Crippen LogP contribution in [0, 0.1) is 12.8 Å². The maximum Gasteiger partial charge on any atom is 0.344 e. The quantitative estimate of drug-likeness (QED) is 0.557. The Bertz CT molecular complexity index is 1270. The van der Waals surface area contributed by atoms with Gasteiger partial charge in [-0.1, -0.05) is 12.1 Å². The third-order valence-electron chi connectivity index (χ3n) is 7.63. The zero-order chi connectivity index (χ0) is 27.0. The van der Waals surface area contributed by atoms with Crippen molar-refractivity contribution in [1.82, 2.24) is 19.6 Å². The number of carboxylic acids is 1. The third-order valence-corrected chi connectivity index (χ3v) is 8.21. The average Bonchev–Trinajstić information content (AvgIpc) is 3.49. The van der Waals surface area contributed by atoms with Gasteiger partial charge in [0.15, 0.2) is 5.82 Å². The highest BCUT2D eigenvalue weighted by Gasteiger charge is 2.36. The molecule has 4 rings (SSSR count). The van der Waals surface area contributed by atoms with Crippen LogP contribution in [0.3, 0.4) is 0 Å². The molecule has 2 N–H and O–H groups in total. The highest BCUT2D eigenvalue weighted by atomic mass is 32.2. The first-order valence-electron chi connectivity index (χ1n) is 12.5. The Kier molecular flexibility index (Phi) is 7.52. The first-order chi connectivity index (χ1) is 17.3. The summed E-state index contributed by atoms with van der Waals surface area (Å²) in [6.45, 7) is 7.35. The Labute approximate surface area is 218 Å². The lowest BCUT2D eigenvalue weighted by Gasteiger charge is -2.45. The number of anilines is 2. The molecule has 3 heterocycles. The Morgan fingerprint density at radius 1 is 1.22 bits per heavy atom. The zero-order valence-electron chi connectivity index (χ0n) is 21.8. The number of amides is 1. The average molecular weight is 533 g/mol. The monoisotopic (exact) mass is 532 g/mol. The number of nitrogens with one attached hydrogen (secondary N) is 1. The summed E-state index contributed by atoms with van der Waals surface area (Å²) >= 11 is 0. The third kappa shape index (κ3) is 6.24. The van der Waals surface area contributed by atoms with Crippen molar-refractivity contribution >= 4 is 33.5 Å². The maximum atomic E-state index is 12.9. The molecule has 1 atom stereocenters. The van der Waals surface area contributed by atoms with Gasteiger partial charge in [-0.05, 0) is 57.4 Å². The molecule has 37 heavy (non-hydrogen) atoms. The van der Waals surface area contributed by atoms with Crippen LogP contribution in [-0.4, -0.2) is 90.1 Å². The molecule has 1 unspecified atom stereocenters. The molecule has 0 spiro atoms. The van der Waals surface area contributed by atoms with Crippen LogP contribution >= 0.6 is 0 Å². The number of benzene rings is 1. The fourth-order valence-corrected chi connectivity index (χ4v) is 5.60. The normalized spacial score (nSPS) is 19.9. The topological polar surface area (TPSA) is 128 Å². The van der Waals surface area contributed by atoms with E-state index in [9.17, 15) is 23.1 Å². The Morgan fingerprint density at radius 3 is 2.54 bits per heavy atom. The van der Waals surface area contributed by atoms with Gasteiger partial charge in [0.2, 0.25) is 10.0 Å². The van der Waals surface area contributed by atoms with Crippen LogP contribution < -0.4 is 9.62 Å². The number of hydrogen-bond acceptors (Lipinski definition) is 7. The number of aromatic nitrogens is 2. The van der Waals surface area contributed by atoms with Crippen LogP contribution in [0.15, 0.2) is 30.5 Å². The van der Waals surface area contributed by atoms with E-state index in [1.807, 2.05) is 0 Å². The summed E-state index contributed by atoms with van der Waals surface area (Å²) in [5, 5.41) is 13.5. The van der Waals surface area contributed by atoms with E-state index in [4.69, 9.17) is 0 Å². The SMILES string of the molecule is Cc1ccc(CN(C)C2(C)CCN(C(=O)n3ccc(NS(C)(=O)=O)n3)CC2)c(N2CCC(C(=O)O)C2)c1. The number of aryl methyl sites for hydroxylation is 1. The molecule has 2 saturated heterocycles. The maximum absolute atomic E-state index is 12.9. The number of carboxylic acid groups (broad SMARTS) is 1. The smallest absolute Gasteiger partial charge is 0.344 e. The van der Waals surface area contributed by atoms with Crippen molar-refractivity contribution in [2.45, 2.75) is 45.2 Å². The fraction of sp³-hybridized carbons (Fsp3) is 0.560. The lowest BCUT2D eigenvalue weighted by molar-refractivity contribution is -0.140. The number of piperidine rings is 1. The lowest BCUT2D eigenvalue weighted by Crippen LogP contribution is -2.53. The van der Waals surface area contributed by atoms with Gasteiger partial charge in [-0.15, -0.1) is 5.10 Å². The number of carbonyl (C=O) groups is 2. The molecule has 2 aliphatic heterocycles. The minimum absolute atomic E-state index is 0.110. The van der Waals surface area contributed by atoms with Gasteiger partial charge in [-0.25, -0.2) is 13.2 Å². The van der Waals surface area contributed by atoms with E-state index in [2.05, 4.69) is 58.7 Å². The van der Waals surface area contributed by atoms with Crippen LogP contribution in [-0.2, 0) is 21.4 Å². The van der Waals surface area contributed by atoms with Gasteiger partial charge in [0.1, 0.15) is 0 Å². The van der Waals surface area contributed by atoms with Gasteiger partial charge in [0.05, 0.1) is 12.2 Å². The summed E-state index contributed by atoms with van der Waals surface area (Å²) in [5.74, 6) is -0.960. The number of sulfonamides is 1. The number of likely N-dealkylation sites (tertiary alicyclic amines) is 1. The van der Waals surface area contributed by atoms with E-state index in [0.29, 0.717) is 32.6 Å². The molecule has 0 aliphatic carbocycles. The number of hydrogen-bond donors (Lipinski definition) is 2. The lowest BCUT2D eigenvalue weighted by atomic mass is 9.87. The first-order valence-corrected chi connectivity index (χ1v) is 14.3. The van der Waals surface area contributed by atoms with Crippen LogP contribution in [0.4, 0.5) is 16.3 Å². The zero-order valence-corrected chi connectivity index (χ0v) is 22.7. The summed E-state index contributed by atoms with van der Waals surface area (Å²) in [5.41, 5.74) is 3.29. The van der Waals surface area contributed by atoms with Crippen LogP contribution in [0.25, 0.3) is 0 Å². The molecule has 2 aromatic rings. The molecule has 0 bridgehead atoms. The summed E-state index contributed by atoms with van der Waals surface area (Å²) in [6.07, 6.45) is 4.70. The minimum atomic E-state index is -3.47. The molecular formula is C25H36N6O5S. The summed E-state index contributed by atoms with van der Waals surface area (Å²) in [6, 6.07) is 7.55. The molecule has 1 amide bonds. The Morgan fingerprint density at radius 2 is 1.92 bits per heavy atom. The first kappa shape index (κ1) is 26.9. The second kappa shape index (κ2) is 10.3. The standard InChI is InChI=1S/C25H36N6O5S/c1-18-5-6-19(21(15-18)30-11-7-20(17-30)23(32)33)16-28(3)25(2)9-13-29(14-10-25)24(34)31-12-8-22(26-31)27-37(4,35)36/h5-6,8,12,15,20H,7,9-11,13-14,16-17H2,1-4H3,(H,26,27)(H,32,33). The van der Waals surface area contributed by atoms with Gasteiger partial charge in [-0.3, -0.25) is 14.4 Å². The molecule has 0 radical (unpaired) electrons. The van der Waals surface area contributed by atoms with Crippen molar-refractivity contribution in [2.24, 2.45) is 5.92 Å². The van der Waals surface area contributed by atoms with Crippen molar-refractivity contribution in [3.05, 3.63) is 41.6 Å². The molecule has 202 valence electrons. The number of aliphatic carboxylic acids is 1. The van der Waals surface area contributed by atoms with Crippen LogP contribution in [0.5, 0.6) is 0 Å². The predicted octanol–water partition coefficient (Wildman–Crippen LogP) is 2.43. The summed E-state index contributed by atoms with van der Waals surface area (Å²) < 4.78 is 26.3. The molecular weight excluding hydrogens is 496 g/mol. The van der Waals surface area contributed by atoms with Crippen molar-refractivity contribution in [3.63, 3.8) is 0 Å². The fourth-order valence-electron chi connectivity index (χ4n) is 5.11. The second-order valence-electron chi connectivity index (χ2n) is 10.5. The van der Waals surface area contributed by atoms with Crippen molar-refractivity contribution in [2.75, 3.05) is 49.1 Å². The summed E-state index contributed by atoms with van der Waals surface area (Å²) in [7, 11) is -1.37. The Hall–Kier alpha value is -3.12. The number of carbonyl (C=O) groups excluding carboxylic acids is 1. The highest BCUT2D eigenvalue weighted by molar-refractivity contribution is 7.92. The van der Waals surface area contributed by atoms with Gasteiger partial charge in [0, 0.05) is 56.2 Å². The van der Waals surface area contributed by atoms with Crippen molar-refractivity contribution in [3.8, 4) is 0 Å². The van der Waals surface area contributed by atoms with Gasteiger partial charge in [0.25, 0.3) is 0 Å². The molecule has 1 aromatic heterocycles. The van der Waals surface area contributed by atoms with Crippen molar-refractivity contribution in [1.29, 1.82) is 0 Å². The van der Waals surface area contributed by atoms with Gasteiger partial charge >= 0.3 is 12.0 Å². The number of nitrogens with zero attached hydrogens (tertiary/aromatic N) is 5. The minimum Gasteiger partial charge on any atom is -0.481 e. The molecule has 0 saturated carbocycles. The molecule has 1 aromatic carbocycles. The van der Waals surface area contributed by atoms with Gasteiger partial charge < -0.3 is 14.9 Å². The van der Waals surface area contributed by atoms with Crippen molar-refractivity contribution < 1.29 is 23.1 Å². The second-order valence-corrected chi connectivity index (χ2v) is 12.3. The molecule has 12 heteroatoms. The predicted molar refractivity (Wildman–Crippen MR) is 141 cm³/mol. The van der Waals surface area contributed by atoms with Gasteiger partial charge in [-0.2, -0.15) is 4.68 Å². The molecule has 2 aliphatic rings. The van der Waals surface area contributed by atoms with E-state index in [-0.39, 0.29) is 23.3 Å². The van der Waals surface area contributed by atoms with Crippen LogP contribution in [0.1, 0.15) is 37.3 Å². The highest BCUT2D eigenvalue weighted by Crippen LogP contribution is 2.33. The van der Waals surface area contributed by atoms with E-state index >= 15 is 0 Å². The Balaban J connectivity index is 1.40. The van der Waals surface area contributed by atoms with E-state index in [1.54, 1.807) is 4.90 Å².